The van der Waals surface area contributed by atoms with Crippen LogP contribution in [0.15, 0.2) is 72.8 Å². The largest absolute Gasteiger partial charge is 0.480 e. The Morgan fingerprint density at radius 2 is 1.45 bits per heavy atom. The second kappa shape index (κ2) is 8.61. The summed E-state index contributed by atoms with van der Waals surface area (Å²) < 4.78 is 43.7. The molecule has 1 atom stereocenters. The predicted octanol–water partition coefficient (Wildman–Crippen LogP) is 5.54. The minimum Gasteiger partial charge on any atom is -0.480 e. The smallest absolute Gasteiger partial charge is 0.416 e. The molecule has 0 unspecified atom stereocenters. The van der Waals surface area contributed by atoms with Gasteiger partial charge in [0.2, 0.25) is 0 Å². The average Bonchev–Trinajstić information content (AvgIpc) is 3.12. The number of hydrogen-bond acceptors (Lipinski definition) is 3. The van der Waals surface area contributed by atoms with Crippen molar-refractivity contribution >= 4 is 12.1 Å². The van der Waals surface area contributed by atoms with Crippen molar-refractivity contribution in [3.8, 4) is 11.1 Å². The number of methoxy groups -OCH3 is 1. The first-order chi connectivity index (χ1) is 15.7. The van der Waals surface area contributed by atoms with Crippen molar-refractivity contribution < 1.29 is 32.6 Å². The number of aliphatic carboxylic acids is 1. The third-order valence-electron chi connectivity index (χ3n) is 5.80. The number of benzene rings is 3. The van der Waals surface area contributed by atoms with E-state index in [0.717, 1.165) is 39.3 Å². The molecule has 1 amide bonds. The second-order valence-corrected chi connectivity index (χ2v) is 7.71. The highest BCUT2D eigenvalue weighted by molar-refractivity contribution is 5.85. The summed E-state index contributed by atoms with van der Waals surface area (Å²) in [7, 11) is 1.17. The molecule has 5 nitrogen and oxygen atoms in total. The number of fused-ring (bicyclic) bond motifs is 3. The standard InChI is InChI=1S/C25H20F3NO4/c1-33-24(32)29(21(23(30)31)14-15-10-12-16(13-11-15)25(26,27)28)22-19-8-4-2-6-17(19)18-7-3-5-9-20(18)22/h2-13,21-22H,14H2,1H3,(H,30,31)/t21-/m0/s1. The van der Waals surface area contributed by atoms with Crippen LogP contribution in [-0.2, 0) is 22.1 Å². The van der Waals surface area contributed by atoms with Crippen LogP contribution >= 0.6 is 0 Å². The molecule has 1 N–H and O–H groups in total. The molecule has 0 spiro atoms. The molecule has 0 fully saturated rings. The van der Waals surface area contributed by atoms with Gasteiger partial charge in [-0.3, -0.25) is 4.90 Å². The number of halogens is 3. The normalized spacial score (nSPS) is 13.7. The Bertz CT molecular complexity index is 1150. The van der Waals surface area contributed by atoms with Gasteiger partial charge in [-0.15, -0.1) is 0 Å². The van der Waals surface area contributed by atoms with Crippen LogP contribution in [0, 0.1) is 0 Å². The van der Waals surface area contributed by atoms with Crippen LogP contribution in [0.5, 0.6) is 0 Å². The van der Waals surface area contributed by atoms with E-state index in [4.69, 9.17) is 4.74 Å². The molecular formula is C25H20F3NO4. The number of alkyl halides is 3. The first-order valence-electron chi connectivity index (χ1n) is 10.2. The molecule has 0 aromatic heterocycles. The lowest BCUT2D eigenvalue weighted by Crippen LogP contribution is -2.48. The molecule has 3 aromatic carbocycles. The molecule has 33 heavy (non-hydrogen) atoms. The van der Waals surface area contributed by atoms with Gasteiger partial charge >= 0.3 is 18.2 Å². The third-order valence-corrected chi connectivity index (χ3v) is 5.80. The summed E-state index contributed by atoms with van der Waals surface area (Å²) in [5.74, 6) is -1.29. The summed E-state index contributed by atoms with van der Waals surface area (Å²) in [6.45, 7) is 0. The van der Waals surface area contributed by atoms with E-state index in [0.29, 0.717) is 5.56 Å². The number of nitrogens with zero attached hydrogens (tertiary/aromatic N) is 1. The topological polar surface area (TPSA) is 66.8 Å². The lowest BCUT2D eigenvalue weighted by atomic mass is 9.98. The van der Waals surface area contributed by atoms with Gasteiger partial charge < -0.3 is 9.84 Å². The lowest BCUT2D eigenvalue weighted by molar-refractivity contribution is -0.143. The molecule has 0 heterocycles. The molecular weight excluding hydrogens is 435 g/mol. The van der Waals surface area contributed by atoms with Crippen molar-refractivity contribution in [2.45, 2.75) is 24.7 Å². The van der Waals surface area contributed by atoms with Gasteiger partial charge in [0.1, 0.15) is 6.04 Å². The number of carbonyl (C=O) groups is 2. The van der Waals surface area contributed by atoms with Crippen molar-refractivity contribution in [3.05, 3.63) is 95.1 Å². The fourth-order valence-corrected chi connectivity index (χ4v) is 4.30. The zero-order valence-corrected chi connectivity index (χ0v) is 17.5. The third kappa shape index (κ3) is 4.16. The summed E-state index contributed by atoms with van der Waals surface area (Å²) >= 11 is 0. The molecule has 0 saturated carbocycles. The Labute approximate surface area is 188 Å². The van der Waals surface area contributed by atoms with Gasteiger partial charge in [0, 0.05) is 6.42 Å². The lowest BCUT2D eigenvalue weighted by Gasteiger charge is -2.34. The maximum atomic E-state index is 12.9. The molecule has 0 aliphatic heterocycles. The van der Waals surface area contributed by atoms with Gasteiger partial charge in [0.05, 0.1) is 18.7 Å². The van der Waals surface area contributed by atoms with Gasteiger partial charge in [0.25, 0.3) is 0 Å². The van der Waals surface area contributed by atoms with Crippen LogP contribution in [0.25, 0.3) is 11.1 Å². The molecule has 0 bridgehead atoms. The first kappa shape index (κ1) is 22.4. The fourth-order valence-electron chi connectivity index (χ4n) is 4.30. The number of rotatable bonds is 5. The summed E-state index contributed by atoms with van der Waals surface area (Å²) in [6.07, 6.45) is -5.53. The zero-order chi connectivity index (χ0) is 23.8. The highest BCUT2D eigenvalue weighted by atomic mass is 19.4. The monoisotopic (exact) mass is 455 g/mol. The number of carboxylic acids is 1. The summed E-state index contributed by atoms with van der Waals surface area (Å²) in [4.78, 5) is 26.4. The van der Waals surface area contributed by atoms with Crippen LogP contribution in [0.3, 0.4) is 0 Å². The molecule has 8 heteroatoms. The maximum Gasteiger partial charge on any atom is 0.416 e. The molecule has 3 aromatic rings. The fraction of sp³-hybridized carbons (Fsp3) is 0.200. The van der Waals surface area contributed by atoms with E-state index in [1.54, 1.807) is 12.1 Å². The Balaban J connectivity index is 1.77. The van der Waals surface area contributed by atoms with Gasteiger partial charge in [-0.05, 0) is 39.9 Å². The molecule has 0 saturated heterocycles. The van der Waals surface area contributed by atoms with E-state index in [-0.39, 0.29) is 6.42 Å². The molecule has 4 rings (SSSR count). The van der Waals surface area contributed by atoms with Crippen LogP contribution in [0.1, 0.15) is 28.3 Å². The minimum atomic E-state index is -4.50. The second-order valence-electron chi connectivity index (χ2n) is 7.71. The number of carboxylic acid groups (broad SMARTS) is 1. The first-order valence-corrected chi connectivity index (χ1v) is 10.2. The van der Waals surface area contributed by atoms with E-state index >= 15 is 0 Å². The summed E-state index contributed by atoms with van der Waals surface area (Å²) in [5, 5.41) is 10.1. The maximum absolute atomic E-state index is 12.9. The molecule has 0 radical (unpaired) electrons. The van der Waals surface area contributed by atoms with Crippen molar-refractivity contribution in [1.29, 1.82) is 0 Å². The highest BCUT2D eigenvalue weighted by Gasteiger charge is 2.42. The number of hydrogen-bond donors (Lipinski definition) is 1. The van der Waals surface area contributed by atoms with Crippen LogP contribution < -0.4 is 0 Å². The Morgan fingerprint density at radius 3 is 1.91 bits per heavy atom. The van der Waals surface area contributed by atoms with Crippen molar-refractivity contribution in [1.82, 2.24) is 4.90 Å². The van der Waals surface area contributed by atoms with Crippen LogP contribution in [-0.4, -0.2) is 35.2 Å². The van der Waals surface area contributed by atoms with Crippen LogP contribution in [0.4, 0.5) is 18.0 Å². The SMILES string of the molecule is COC(=O)N(C1c2ccccc2-c2ccccc21)[C@@H](Cc1ccc(C(F)(F)F)cc1)C(=O)O. The number of ether oxygens (including phenoxy) is 1. The molecule has 170 valence electrons. The van der Waals surface area contributed by atoms with Gasteiger partial charge in [-0.2, -0.15) is 13.2 Å². The molecule has 1 aliphatic rings. The van der Waals surface area contributed by atoms with E-state index in [1.165, 1.54) is 19.2 Å². The number of carbonyl (C=O) groups excluding carboxylic acids is 1. The van der Waals surface area contributed by atoms with Crippen LogP contribution in [0.2, 0.25) is 0 Å². The Kier molecular flexibility index (Phi) is 5.84. The predicted molar refractivity (Wildman–Crippen MR) is 115 cm³/mol. The van der Waals surface area contributed by atoms with E-state index < -0.39 is 35.9 Å². The highest BCUT2D eigenvalue weighted by Crippen LogP contribution is 2.47. The van der Waals surface area contributed by atoms with Gasteiger partial charge in [0.15, 0.2) is 0 Å². The van der Waals surface area contributed by atoms with Crippen molar-refractivity contribution in [2.24, 2.45) is 0 Å². The molecule has 1 aliphatic carbocycles. The zero-order valence-electron chi connectivity index (χ0n) is 17.5. The quantitative estimate of drug-likeness (QED) is 0.549. The summed E-state index contributed by atoms with van der Waals surface area (Å²) in [5.41, 5.74) is 2.78. The van der Waals surface area contributed by atoms with E-state index in [1.807, 2.05) is 36.4 Å². The van der Waals surface area contributed by atoms with Crippen molar-refractivity contribution in [2.75, 3.05) is 7.11 Å². The number of amides is 1. The van der Waals surface area contributed by atoms with E-state index in [2.05, 4.69) is 0 Å². The Hall–Kier alpha value is -3.81. The average molecular weight is 455 g/mol. The van der Waals surface area contributed by atoms with Gasteiger partial charge in [-0.25, -0.2) is 9.59 Å². The minimum absolute atomic E-state index is 0.191. The Morgan fingerprint density at radius 1 is 0.939 bits per heavy atom. The summed E-state index contributed by atoms with van der Waals surface area (Å²) in [6, 6.07) is 16.9. The van der Waals surface area contributed by atoms with Gasteiger partial charge in [-0.1, -0.05) is 60.7 Å². The van der Waals surface area contributed by atoms with Crippen molar-refractivity contribution in [3.63, 3.8) is 0 Å². The van der Waals surface area contributed by atoms with E-state index in [9.17, 15) is 27.9 Å².